The summed E-state index contributed by atoms with van der Waals surface area (Å²) in [6.45, 7) is 0. The quantitative estimate of drug-likeness (QED) is 0.607. The Labute approximate surface area is 72.9 Å². The van der Waals surface area contributed by atoms with E-state index in [0.29, 0.717) is 11.5 Å². The van der Waals surface area contributed by atoms with E-state index in [1.54, 1.807) is 0 Å². The zero-order valence-corrected chi connectivity index (χ0v) is 6.43. The van der Waals surface area contributed by atoms with Crippen LogP contribution in [0.4, 0.5) is 4.39 Å². The maximum absolute atomic E-state index is 12.5. The van der Waals surface area contributed by atoms with Crippen molar-refractivity contribution < 1.29 is 13.9 Å². The van der Waals surface area contributed by atoms with Gasteiger partial charge in [0, 0.05) is 6.07 Å². The lowest BCUT2D eigenvalue weighted by molar-refractivity contribution is 0.352. The van der Waals surface area contributed by atoms with Crippen molar-refractivity contribution in [2.45, 2.75) is 0 Å². The van der Waals surface area contributed by atoms with Crippen LogP contribution in [0.5, 0.6) is 11.5 Å². The lowest BCUT2D eigenvalue weighted by Gasteiger charge is -2.05. The molecule has 12 heavy (non-hydrogen) atoms. The highest BCUT2D eigenvalue weighted by atomic mass is 19.1. The molecular formula is C8H12BFO2. The molecule has 0 radical (unpaired) electrons. The number of ether oxygens (including phenoxy) is 2. The summed E-state index contributed by atoms with van der Waals surface area (Å²) in [6, 6.07) is 4.12. The molecule has 0 spiro atoms. The van der Waals surface area contributed by atoms with Gasteiger partial charge < -0.3 is 9.47 Å². The van der Waals surface area contributed by atoms with Crippen LogP contribution in [0.2, 0.25) is 0 Å². The van der Waals surface area contributed by atoms with Crippen molar-refractivity contribution >= 4 is 8.41 Å². The van der Waals surface area contributed by atoms with Crippen molar-refractivity contribution in [1.82, 2.24) is 0 Å². The van der Waals surface area contributed by atoms with Crippen molar-refractivity contribution in [3.05, 3.63) is 24.0 Å². The molecule has 0 aliphatic heterocycles. The molecular weight excluding hydrogens is 158 g/mol. The molecule has 0 aliphatic carbocycles. The second-order valence-corrected chi connectivity index (χ2v) is 2.00. The molecule has 0 unspecified atom stereocenters. The molecule has 1 aromatic carbocycles. The first-order valence-corrected chi connectivity index (χ1v) is 3.15. The molecule has 0 atom stereocenters. The topological polar surface area (TPSA) is 18.5 Å². The van der Waals surface area contributed by atoms with Gasteiger partial charge in [0.15, 0.2) is 11.5 Å². The van der Waals surface area contributed by atoms with Gasteiger partial charge >= 0.3 is 0 Å². The van der Waals surface area contributed by atoms with E-state index in [9.17, 15) is 4.39 Å². The highest BCUT2D eigenvalue weighted by Gasteiger charge is 2.02. The molecule has 1 rings (SSSR count). The fraction of sp³-hybridized carbons (Fsp3) is 0.250. The highest BCUT2D eigenvalue weighted by Crippen LogP contribution is 2.26. The lowest BCUT2D eigenvalue weighted by Crippen LogP contribution is -1.90. The standard InChI is InChI=1S/C8H9FO2.BH3/c1-10-7-4-3-6(9)5-8(7)11-2;/h3-5H,1-2H3;1H3. The molecule has 66 valence electrons. The second kappa shape index (κ2) is 4.64. The molecule has 0 N–H and O–H groups in total. The Morgan fingerprint density at radius 1 is 1.08 bits per heavy atom. The van der Waals surface area contributed by atoms with E-state index in [-0.39, 0.29) is 14.2 Å². The summed E-state index contributed by atoms with van der Waals surface area (Å²) in [5, 5.41) is 0. The van der Waals surface area contributed by atoms with Crippen LogP contribution in [0.3, 0.4) is 0 Å². The Kier molecular flexibility index (Phi) is 4.19. The maximum atomic E-state index is 12.5. The Balaban J connectivity index is 0.00000121. The fourth-order valence-corrected chi connectivity index (χ4v) is 0.810. The van der Waals surface area contributed by atoms with Crippen LogP contribution in [0.25, 0.3) is 0 Å². The van der Waals surface area contributed by atoms with Gasteiger partial charge in [-0.25, -0.2) is 4.39 Å². The third-order valence-corrected chi connectivity index (χ3v) is 1.35. The van der Waals surface area contributed by atoms with Gasteiger partial charge in [0.25, 0.3) is 0 Å². The molecule has 0 fully saturated rings. The van der Waals surface area contributed by atoms with Crippen LogP contribution >= 0.6 is 0 Å². The van der Waals surface area contributed by atoms with Crippen LogP contribution in [0, 0.1) is 5.82 Å². The summed E-state index contributed by atoms with van der Waals surface area (Å²) in [6.07, 6.45) is 0. The van der Waals surface area contributed by atoms with Gasteiger partial charge in [0.05, 0.1) is 22.6 Å². The van der Waals surface area contributed by atoms with Crippen molar-refractivity contribution in [2.24, 2.45) is 0 Å². The predicted octanol–water partition coefficient (Wildman–Crippen LogP) is 0.659. The van der Waals surface area contributed by atoms with Crippen LogP contribution in [-0.2, 0) is 0 Å². The molecule has 0 bridgehead atoms. The zero-order chi connectivity index (χ0) is 8.27. The van der Waals surface area contributed by atoms with Crippen molar-refractivity contribution in [3.8, 4) is 11.5 Å². The van der Waals surface area contributed by atoms with E-state index in [2.05, 4.69) is 0 Å². The number of hydrogen-bond acceptors (Lipinski definition) is 2. The smallest absolute Gasteiger partial charge is 0.163 e. The van der Waals surface area contributed by atoms with Gasteiger partial charge in [-0.3, -0.25) is 0 Å². The Morgan fingerprint density at radius 3 is 2.17 bits per heavy atom. The van der Waals surface area contributed by atoms with Gasteiger partial charge in [0.2, 0.25) is 0 Å². The van der Waals surface area contributed by atoms with E-state index in [1.807, 2.05) is 0 Å². The minimum absolute atomic E-state index is 0. The fourth-order valence-electron chi connectivity index (χ4n) is 0.810. The third-order valence-electron chi connectivity index (χ3n) is 1.35. The van der Waals surface area contributed by atoms with E-state index in [1.165, 1.54) is 32.4 Å². The predicted molar refractivity (Wildman–Crippen MR) is 49.4 cm³/mol. The zero-order valence-electron chi connectivity index (χ0n) is 6.43. The van der Waals surface area contributed by atoms with Gasteiger partial charge in [-0.05, 0) is 12.1 Å². The van der Waals surface area contributed by atoms with Crippen LogP contribution in [-0.4, -0.2) is 22.6 Å². The summed E-state index contributed by atoms with van der Waals surface area (Å²) < 4.78 is 22.3. The summed E-state index contributed by atoms with van der Waals surface area (Å²) in [4.78, 5) is 0. The largest absolute Gasteiger partial charge is 0.493 e. The normalized spacial score (nSPS) is 8.58. The maximum Gasteiger partial charge on any atom is 0.163 e. The highest BCUT2D eigenvalue weighted by molar-refractivity contribution is 5.75. The number of methoxy groups -OCH3 is 2. The number of benzene rings is 1. The summed E-state index contributed by atoms with van der Waals surface area (Å²) in [5.41, 5.74) is 0. The van der Waals surface area contributed by atoms with Crippen molar-refractivity contribution in [1.29, 1.82) is 0 Å². The minimum Gasteiger partial charge on any atom is -0.493 e. The van der Waals surface area contributed by atoms with E-state index >= 15 is 0 Å². The molecule has 0 aliphatic rings. The SMILES string of the molecule is B.COc1ccc(F)cc1OC. The Bertz CT molecular complexity index is 253. The first-order valence-electron chi connectivity index (χ1n) is 3.15. The van der Waals surface area contributed by atoms with Gasteiger partial charge in [-0.15, -0.1) is 0 Å². The van der Waals surface area contributed by atoms with Gasteiger partial charge in [0.1, 0.15) is 5.82 Å². The molecule has 0 amide bonds. The average Bonchev–Trinajstić information content (AvgIpc) is 2.04. The van der Waals surface area contributed by atoms with Gasteiger partial charge in [-0.1, -0.05) is 0 Å². The number of rotatable bonds is 2. The van der Waals surface area contributed by atoms with Crippen LogP contribution in [0.15, 0.2) is 18.2 Å². The molecule has 0 saturated heterocycles. The first kappa shape index (κ1) is 10.8. The van der Waals surface area contributed by atoms with Crippen LogP contribution < -0.4 is 9.47 Å². The average molecular weight is 170 g/mol. The molecule has 0 heterocycles. The third kappa shape index (κ3) is 2.15. The molecule has 1 aromatic rings. The summed E-state index contributed by atoms with van der Waals surface area (Å²) >= 11 is 0. The van der Waals surface area contributed by atoms with Crippen molar-refractivity contribution in [3.63, 3.8) is 0 Å². The summed E-state index contributed by atoms with van der Waals surface area (Å²) in [5.74, 6) is 0.615. The van der Waals surface area contributed by atoms with E-state index < -0.39 is 0 Å². The van der Waals surface area contributed by atoms with Gasteiger partial charge in [-0.2, -0.15) is 0 Å². The summed E-state index contributed by atoms with van der Waals surface area (Å²) in [7, 11) is 2.98. The molecule has 4 heteroatoms. The lowest BCUT2D eigenvalue weighted by atomic mass is 10.3. The van der Waals surface area contributed by atoms with E-state index in [0.717, 1.165) is 0 Å². The second-order valence-electron chi connectivity index (χ2n) is 2.00. The van der Waals surface area contributed by atoms with Crippen LogP contribution in [0.1, 0.15) is 0 Å². The first-order chi connectivity index (χ1) is 5.27. The molecule has 0 aromatic heterocycles. The Hall–Kier alpha value is -1.19. The number of hydrogen-bond donors (Lipinski definition) is 0. The number of halogens is 1. The minimum atomic E-state index is -0.331. The molecule has 0 saturated carbocycles. The Morgan fingerprint density at radius 2 is 1.67 bits per heavy atom. The monoisotopic (exact) mass is 170 g/mol. The van der Waals surface area contributed by atoms with E-state index in [4.69, 9.17) is 9.47 Å². The van der Waals surface area contributed by atoms with Crippen molar-refractivity contribution in [2.75, 3.05) is 14.2 Å². The molecule has 2 nitrogen and oxygen atoms in total.